The Kier molecular flexibility index (Phi) is 3.90. The first-order valence-corrected chi connectivity index (χ1v) is 6.18. The van der Waals surface area contributed by atoms with Gasteiger partial charge in [0.1, 0.15) is 5.69 Å². The molecule has 2 rings (SSSR count). The van der Waals surface area contributed by atoms with Crippen LogP contribution in [-0.2, 0) is 6.18 Å². The lowest BCUT2D eigenvalue weighted by Gasteiger charge is -2.09. The highest BCUT2D eigenvalue weighted by atomic mass is 79.9. The number of halogens is 4. The van der Waals surface area contributed by atoms with Crippen molar-refractivity contribution in [1.82, 2.24) is 9.78 Å². The highest BCUT2D eigenvalue weighted by Gasteiger charge is 2.33. The van der Waals surface area contributed by atoms with E-state index < -0.39 is 22.4 Å². The summed E-state index contributed by atoms with van der Waals surface area (Å²) in [5.74, 6) is 0.296. The van der Waals surface area contributed by atoms with Crippen LogP contribution in [0.5, 0.6) is 5.75 Å². The molecule has 112 valence electrons. The zero-order valence-electron chi connectivity index (χ0n) is 10.4. The standard InChI is InChI=1S/C11H7BrF3N3O3/c1-21-9-5-16-17(10(9)12)7-3-2-6(11(13,14)15)4-8(7)18(19)20/h2-5H,1H3. The number of ether oxygens (including phenoxy) is 1. The fourth-order valence-electron chi connectivity index (χ4n) is 1.65. The van der Waals surface area contributed by atoms with Crippen LogP contribution in [0.25, 0.3) is 5.69 Å². The van der Waals surface area contributed by atoms with E-state index in [1.54, 1.807) is 0 Å². The molecule has 0 aliphatic carbocycles. The number of aromatic nitrogens is 2. The van der Waals surface area contributed by atoms with E-state index in [9.17, 15) is 23.3 Å². The molecule has 21 heavy (non-hydrogen) atoms. The van der Waals surface area contributed by atoms with Crippen molar-refractivity contribution in [1.29, 1.82) is 0 Å². The summed E-state index contributed by atoms with van der Waals surface area (Å²) < 4.78 is 44.2. The highest BCUT2D eigenvalue weighted by molar-refractivity contribution is 9.10. The minimum Gasteiger partial charge on any atom is -0.492 e. The van der Waals surface area contributed by atoms with E-state index in [4.69, 9.17) is 4.74 Å². The first-order chi connectivity index (χ1) is 9.75. The van der Waals surface area contributed by atoms with Crippen molar-refractivity contribution in [3.05, 3.63) is 44.7 Å². The number of nitrogens with zero attached hydrogens (tertiary/aromatic N) is 3. The van der Waals surface area contributed by atoms with E-state index in [0.29, 0.717) is 11.8 Å². The van der Waals surface area contributed by atoms with Crippen LogP contribution in [0.4, 0.5) is 18.9 Å². The smallest absolute Gasteiger partial charge is 0.416 e. The van der Waals surface area contributed by atoms with Gasteiger partial charge < -0.3 is 4.74 Å². The number of methoxy groups -OCH3 is 1. The third kappa shape index (κ3) is 2.84. The fraction of sp³-hybridized carbons (Fsp3) is 0.182. The Morgan fingerprint density at radius 3 is 2.57 bits per heavy atom. The van der Waals surface area contributed by atoms with E-state index in [0.717, 1.165) is 16.8 Å². The van der Waals surface area contributed by atoms with Gasteiger partial charge in [-0.2, -0.15) is 18.3 Å². The summed E-state index contributed by atoms with van der Waals surface area (Å²) >= 11 is 3.12. The van der Waals surface area contributed by atoms with Crippen molar-refractivity contribution in [2.75, 3.05) is 7.11 Å². The van der Waals surface area contributed by atoms with Gasteiger partial charge in [-0.15, -0.1) is 0 Å². The molecule has 1 aromatic heterocycles. The van der Waals surface area contributed by atoms with Crippen LogP contribution in [0.15, 0.2) is 29.0 Å². The van der Waals surface area contributed by atoms with Crippen molar-refractivity contribution in [3.8, 4) is 11.4 Å². The molecule has 0 spiro atoms. The third-order valence-corrected chi connectivity index (χ3v) is 3.35. The molecule has 1 heterocycles. The van der Waals surface area contributed by atoms with E-state index >= 15 is 0 Å². The van der Waals surface area contributed by atoms with Gasteiger partial charge in [-0.25, -0.2) is 4.68 Å². The second kappa shape index (κ2) is 5.35. The fourth-order valence-corrected chi connectivity index (χ4v) is 2.20. The van der Waals surface area contributed by atoms with Crippen molar-refractivity contribution in [2.45, 2.75) is 6.18 Å². The summed E-state index contributed by atoms with van der Waals surface area (Å²) in [5, 5.41) is 14.9. The SMILES string of the molecule is COc1cnn(-c2ccc(C(F)(F)F)cc2[N+](=O)[O-])c1Br. The second-order valence-corrected chi connectivity index (χ2v) is 4.63. The maximum Gasteiger partial charge on any atom is 0.416 e. The van der Waals surface area contributed by atoms with Gasteiger partial charge >= 0.3 is 6.18 Å². The second-order valence-electron chi connectivity index (χ2n) is 3.87. The van der Waals surface area contributed by atoms with Crippen LogP contribution < -0.4 is 4.74 Å². The van der Waals surface area contributed by atoms with Crippen molar-refractivity contribution < 1.29 is 22.8 Å². The zero-order chi connectivity index (χ0) is 15.8. The highest BCUT2D eigenvalue weighted by Crippen LogP contribution is 2.36. The maximum absolute atomic E-state index is 12.6. The van der Waals surface area contributed by atoms with Gasteiger partial charge in [-0.05, 0) is 28.1 Å². The Morgan fingerprint density at radius 1 is 1.43 bits per heavy atom. The molecule has 0 aliphatic rings. The Hall–Kier alpha value is -2.10. The summed E-state index contributed by atoms with van der Waals surface area (Å²) in [6.07, 6.45) is -3.38. The molecule has 10 heteroatoms. The third-order valence-electron chi connectivity index (χ3n) is 2.63. The number of hydrogen-bond donors (Lipinski definition) is 0. The molecule has 1 aromatic carbocycles. The Balaban J connectivity index is 2.63. The molecule has 0 aliphatic heterocycles. The van der Waals surface area contributed by atoms with Crippen LogP contribution in [0, 0.1) is 10.1 Å². The molecule has 0 N–H and O–H groups in total. The van der Waals surface area contributed by atoms with Gasteiger partial charge in [0, 0.05) is 6.07 Å². The summed E-state index contributed by atoms with van der Waals surface area (Å²) in [6, 6.07) is 2.21. The van der Waals surface area contributed by atoms with Crippen LogP contribution in [0.2, 0.25) is 0 Å². The molecular weight excluding hydrogens is 359 g/mol. The van der Waals surface area contributed by atoms with Gasteiger partial charge in [0.05, 0.1) is 23.8 Å². The number of hydrogen-bond acceptors (Lipinski definition) is 4. The zero-order valence-corrected chi connectivity index (χ0v) is 12.0. The molecule has 0 radical (unpaired) electrons. The average molecular weight is 366 g/mol. The Bertz CT molecular complexity index is 700. The van der Waals surface area contributed by atoms with Crippen LogP contribution >= 0.6 is 15.9 Å². The quantitative estimate of drug-likeness (QED) is 0.615. The number of nitro benzene ring substituents is 1. The van der Waals surface area contributed by atoms with Gasteiger partial charge in [0.25, 0.3) is 5.69 Å². The number of alkyl halides is 3. The van der Waals surface area contributed by atoms with E-state index in [2.05, 4.69) is 21.0 Å². The largest absolute Gasteiger partial charge is 0.492 e. The molecule has 2 aromatic rings. The van der Waals surface area contributed by atoms with Gasteiger partial charge in [-0.3, -0.25) is 10.1 Å². The first-order valence-electron chi connectivity index (χ1n) is 5.39. The molecule has 0 unspecified atom stereocenters. The predicted octanol–water partition coefficient (Wildman–Crippen LogP) is 3.57. The Morgan fingerprint density at radius 2 is 2.10 bits per heavy atom. The van der Waals surface area contributed by atoms with Crippen LogP contribution in [0.3, 0.4) is 0 Å². The summed E-state index contributed by atoms with van der Waals surface area (Å²) in [4.78, 5) is 10.1. The summed E-state index contributed by atoms with van der Waals surface area (Å²) in [6.45, 7) is 0. The Labute approximate surface area is 124 Å². The summed E-state index contributed by atoms with van der Waals surface area (Å²) in [5.41, 5.74) is -1.92. The molecule has 0 atom stereocenters. The van der Waals surface area contributed by atoms with Gasteiger partial charge in [0.2, 0.25) is 0 Å². The number of rotatable bonds is 3. The molecule has 0 saturated heterocycles. The molecule has 0 amide bonds. The molecule has 6 nitrogen and oxygen atoms in total. The van der Waals surface area contributed by atoms with Crippen molar-refractivity contribution >= 4 is 21.6 Å². The van der Waals surface area contributed by atoms with Crippen LogP contribution in [-0.4, -0.2) is 21.8 Å². The minimum absolute atomic E-state index is 0.108. The molecule has 0 bridgehead atoms. The minimum atomic E-state index is -4.66. The average Bonchev–Trinajstić information content (AvgIpc) is 2.77. The number of benzene rings is 1. The molecular formula is C11H7BrF3N3O3. The van der Waals surface area contributed by atoms with Crippen molar-refractivity contribution in [3.63, 3.8) is 0 Å². The lowest BCUT2D eigenvalue weighted by Crippen LogP contribution is -2.08. The van der Waals surface area contributed by atoms with E-state index in [-0.39, 0.29) is 10.3 Å². The van der Waals surface area contributed by atoms with Crippen LogP contribution in [0.1, 0.15) is 5.56 Å². The number of nitro groups is 1. The lowest BCUT2D eigenvalue weighted by atomic mass is 10.1. The summed E-state index contributed by atoms with van der Waals surface area (Å²) in [7, 11) is 1.37. The first kappa shape index (κ1) is 15.3. The lowest BCUT2D eigenvalue weighted by molar-refractivity contribution is -0.384. The van der Waals surface area contributed by atoms with E-state index in [1.165, 1.54) is 13.3 Å². The topological polar surface area (TPSA) is 70.2 Å². The van der Waals surface area contributed by atoms with Gasteiger partial charge in [-0.1, -0.05) is 0 Å². The normalized spacial score (nSPS) is 11.5. The molecule has 0 fully saturated rings. The monoisotopic (exact) mass is 365 g/mol. The van der Waals surface area contributed by atoms with Crippen molar-refractivity contribution in [2.24, 2.45) is 0 Å². The predicted molar refractivity (Wildman–Crippen MR) is 69.5 cm³/mol. The molecule has 0 saturated carbocycles. The van der Waals surface area contributed by atoms with Gasteiger partial charge in [0.15, 0.2) is 10.4 Å². The van der Waals surface area contributed by atoms with E-state index in [1.807, 2.05) is 0 Å². The maximum atomic E-state index is 12.6.